The van der Waals surface area contributed by atoms with Gasteiger partial charge < -0.3 is 14.2 Å². The molecule has 1 amide bonds. The van der Waals surface area contributed by atoms with Gasteiger partial charge in [0.15, 0.2) is 5.82 Å². The summed E-state index contributed by atoms with van der Waals surface area (Å²) >= 11 is 0. The van der Waals surface area contributed by atoms with Crippen molar-refractivity contribution in [1.82, 2.24) is 4.72 Å². The third-order valence-electron chi connectivity index (χ3n) is 3.88. The van der Waals surface area contributed by atoms with Crippen LogP contribution in [0.3, 0.4) is 0 Å². The zero-order chi connectivity index (χ0) is 24.8. The van der Waals surface area contributed by atoms with E-state index in [0.29, 0.717) is 11.6 Å². The first-order valence-electron chi connectivity index (χ1n) is 9.58. The summed E-state index contributed by atoms with van der Waals surface area (Å²) in [5, 5.41) is 0. The molecule has 0 radical (unpaired) electrons. The zero-order valence-corrected chi connectivity index (χ0v) is 19.2. The first kappa shape index (κ1) is 25.8. The lowest BCUT2D eigenvalue weighted by Gasteiger charge is -2.27. The quantitative estimate of drug-likeness (QED) is 0.570. The average molecular weight is 486 g/mol. The summed E-state index contributed by atoms with van der Waals surface area (Å²) < 4.78 is 71.4. The lowest BCUT2D eigenvalue weighted by atomic mass is 10.2. The maximum atomic E-state index is 14.9. The molecule has 0 spiro atoms. The van der Waals surface area contributed by atoms with Crippen molar-refractivity contribution in [3.05, 3.63) is 59.7 Å². The lowest BCUT2D eigenvalue weighted by molar-refractivity contribution is -0.138. The van der Waals surface area contributed by atoms with Crippen LogP contribution in [0.5, 0.6) is 5.75 Å². The van der Waals surface area contributed by atoms with Crippen LogP contribution in [0.1, 0.15) is 26.3 Å². The second kappa shape index (κ2) is 10.5. The van der Waals surface area contributed by atoms with Crippen molar-refractivity contribution >= 4 is 28.0 Å². The number of methoxy groups -OCH3 is 1. The van der Waals surface area contributed by atoms with Gasteiger partial charge in [-0.15, -0.1) is 0 Å². The van der Waals surface area contributed by atoms with E-state index in [-0.39, 0.29) is 10.9 Å². The van der Waals surface area contributed by atoms with Crippen molar-refractivity contribution in [2.24, 2.45) is 0 Å². The number of carbonyl (C=O) groups excluding carboxylic acids is 2. The molecule has 2 rings (SSSR count). The fraction of sp³-hybridized carbons (Fsp3) is 0.333. The van der Waals surface area contributed by atoms with E-state index in [0.717, 1.165) is 13.2 Å². The molecule has 2 aromatic carbocycles. The van der Waals surface area contributed by atoms with Gasteiger partial charge in [0.2, 0.25) is 0 Å². The number of halogens is 2. The molecule has 0 aliphatic heterocycles. The molecule has 0 saturated heterocycles. The highest BCUT2D eigenvalue weighted by atomic mass is 32.2. The van der Waals surface area contributed by atoms with Gasteiger partial charge in [0.05, 0.1) is 7.11 Å². The number of benzene rings is 2. The Bertz CT molecular complexity index is 1100. The number of ether oxygens (including phenoxy) is 3. The smallest absolute Gasteiger partial charge is 0.422 e. The van der Waals surface area contributed by atoms with E-state index >= 15 is 0 Å². The molecule has 0 unspecified atom stereocenters. The maximum absolute atomic E-state index is 14.9. The standard InChI is InChI=1S/C21H24F2N2O7S/c1-21(2,3)32-20(27)24-33(28,29)25(12-18(26)30-4)19-16(23)10-15(22)11-17(19)31-13-14-8-6-5-7-9-14/h5-11H,12-13H2,1-4H3,(H,24,27). The molecule has 0 saturated carbocycles. The number of amides is 1. The second-order valence-electron chi connectivity index (χ2n) is 7.70. The zero-order valence-electron chi connectivity index (χ0n) is 18.4. The predicted molar refractivity (Wildman–Crippen MR) is 115 cm³/mol. The summed E-state index contributed by atoms with van der Waals surface area (Å²) in [5.41, 5.74) is -1.21. The second-order valence-corrected chi connectivity index (χ2v) is 9.30. The Morgan fingerprint density at radius 3 is 2.30 bits per heavy atom. The van der Waals surface area contributed by atoms with Crippen molar-refractivity contribution in [3.8, 4) is 5.75 Å². The summed E-state index contributed by atoms with van der Waals surface area (Å²) in [7, 11) is -3.94. The molecule has 2 aromatic rings. The van der Waals surface area contributed by atoms with Crippen molar-refractivity contribution in [1.29, 1.82) is 0 Å². The van der Waals surface area contributed by atoms with Crippen LogP contribution in [0, 0.1) is 11.6 Å². The van der Waals surface area contributed by atoms with Gasteiger partial charge in [-0.1, -0.05) is 30.3 Å². The minimum absolute atomic E-state index is 0.164. The minimum Gasteiger partial charge on any atom is -0.486 e. The van der Waals surface area contributed by atoms with Crippen LogP contribution in [0.25, 0.3) is 0 Å². The topological polar surface area (TPSA) is 111 Å². The SMILES string of the molecule is COC(=O)CN(c1c(F)cc(F)cc1OCc1ccccc1)S(=O)(=O)NC(=O)OC(C)(C)C. The van der Waals surface area contributed by atoms with Crippen LogP contribution < -0.4 is 13.8 Å². The van der Waals surface area contributed by atoms with Crippen LogP contribution in [0.4, 0.5) is 19.3 Å². The number of nitrogens with one attached hydrogen (secondary N) is 1. The molecule has 0 heterocycles. The molecule has 9 nitrogen and oxygen atoms in total. The van der Waals surface area contributed by atoms with Crippen molar-refractivity contribution < 1.29 is 41.0 Å². The average Bonchev–Trinajstić information content (AvgIpc) is 2.69. The first-order chi connectivity index (χ1) is 15.3. The van der Waals surface area contributed by atoms with E-state index in [1.54, 1.807) is 35.1 Å². The summed E-state index contributed by atoms with van der Waals surface area (Å²) in [6.07, 6.45) is -1.37. The summed E-state index contributed by atoms with van der Waals surface area (Å²) in [5.74, 6) is -4.00. The highest BCUT2D eigenvalue weighted by Gasteiger charge is 2.34. The molecule has 33 heavy (non-hydrogen) atoms. The molecule has 0 fully saturated rings. The normalized spacial score (nSPS) is 11.5. The highest BCUT2D eigenvalue weighted by Crippen LogP contribution is 2.35. The van der Waals surface area contributed by atoms with Crippen LogP contribution in [-0.2, 0) is 31.1 Å². The summed E-state index contributed by atoms with van der Waals surface area (Å²) in [6.45, 7) is 3.29. The van der Waals surface area contributed by atoms with E-state index in [1.165, 1.54) is 20.8 Å². The Balaban J connectivity index is 2.49. The molecular formula is C21H24F2N2O7S. The Hall–Kier alpha value is -3.41. The van der Waals surface area contributed by atoms with Crippen LogP contribution >= 0.6 is 0 Å². The molecule has 12 heteroatoms. The number of carbonyl (C=O) groups is 2. The van der Waals surface area contributed by atoms with Gasteiger partial charge in [0.1, 0.15) is 36.0 Å². The number of anilines is 1. The molecular weight excluding hydrogens is 462 g/mol. The summed E-state index contributed by atoms with van der Waals surface area (Å²) in [4.78, 5) is 24.0. The largest absolute Gasteiger partial charge is 0.486 e. The van der Waals surface area contributed by atoms with E-state index in [4.69, 9.17) is 9.47 Å². The summed E-state index contributed by atoms with van der Waals surface area (Å²) in [6, 6.07) is 9.72. The molecule has 0 bridgehead atoms. The van der Waals surface area contributed by atoms with E-state index in [2.05, 4.69) is 4.74 Å². The molecule has 0 atom stereocenters. The van der Waals surface area contributed by atoms with Crippen LogP contribution in [0.15, 0.2) is 42.5 Å². The molecule has 0 aromatic heterocycles. The monoisotopic (exact) mass is 486 g/mol. The molecule has 0 aliphatic carbocycles. The number of esters is 1. The lowest BCUT2D eigenvalue weighted by Crippen LogP contribution is -2.48. The van der Waals surface area contributed by atoms with E-state index < -0.39 is 57.5 Å². The van der Waals surface area contributed by atoms with Gasteiger partial charge in [-0.2, -0.15) is 8.42 Å². The fourth-order valence-corrected chi connectivity index (χ4v) is 3.61. The van der Waals surface area contributed by atoms with Crippen molar-refractivity contribution in [2.45, 2.75) is 33.0 Å². The molecule has 1 N–H and O–H groups in total. The minimum atomic E-state index is -4.93. The number of hydrogen-bond donors (Lipinski definition) is 1. The maximum Gasteiger partial charge on any atom is 0.422 e. The van der Waals surface area contributed by atoms with E-state index in [1.807, 2.05) is 0 Å². The Morgan fingerprint density at radius 2 is 1.73 bits per heavy atom. The van der Waals surface area contributed by atoms with E-state index in [9.17, 15) is 26.8 Å². The van der Waals surface area contributed by atoms with Gasteiger partial charge in [-0.25, -0.2) is 22.6 Å². The van der Waals surface area contributed by atoms with Crippen LogP contribution in [0.2, 0.25) is 0 Å². The van der Waals surface area contributed by atoms with Gasteiger partial charge in [-0.05, 0) is 26.3 Å². The number of hydrogen-bond acceptors (Lipinski definition) is 7. The van der Waals surface area contributed by atoms with Crippen molar-refractivity contribution in [3.63, 3.8) is 0 Å². The Labute approximate surface area is 190 Å². The third kappa shape index (κ3) is 7.59. The Morgan fingerprint density at radius 1 is 1.09 bits per heavy atom. The van der Waals surface area contributed by atoms with Gasteiger partial charge in [0.25, 0.3) is 0 Å². The fourth-order valence-electron chi connectivity index (χ4n) is 2.56. The molecule has 0 aliphatic rings. The van der Waals surface area contributed by atoms with Crippen LogP contribution in [-0.4, -0.2) is 39.7 Å². The first-order valence-corrected chi connectivity index (χ1v) is 11.0. The van der Waals surface area contributed by atoms with Gasteiger partial charge in [0, 0.05) is 12.1 Å². The van der Waals surface area contributed by atoms with Gasteiger partial charge >= 0.3 is 22.3 Å². The number of nitrogens with zero attached hydrogens (tertiary/aromatic N) is 1. The predicted octanol–water partition coefficient (Wildman–Crippen LogP) is 3.29. The third-order valence-corrected chi connectivity index (χ3v) is 5.20. The Kier molecular flexibility index (Phi) is 8.20. The van der Waals surface area contributed by atoms with Crippen molar-refractivity contribution in [2.75, 3.05) is 18.0 Å². The molecule has 180 valence electrons. The van der Waals surface area contributed by atoms with Gasteiger partial charge in [-0.3, -0.25) is 4.79 Å². The number of rotatable bonds is 8. The highest BCUT2D eigenvalue weighted by molar-refractivity contribution is 7.91.